The number of fused-ring (bicyclic) bond motifs is 4. The number of carbonyl (C=O) groups is 1. The van der Waals surface area contributed by atoms with E-state index in [4.69, 9.17) is 19.3 Å². The van der Waals surface area contributed by atoms with Crippen molar-refractivity contribution in [1.82, 2.24) is 19.2 Å². The molecule has 0 radical (unpaired) electrons. The van der Waals surface area contributed by atoms with Gasteiger partial charge in [-0.25, -0.2) is 9.48 Å². The zero-order valence-corrected chi connectivity index (χ0v) is 22.8. The van der Waals surface area contributed by atoms with Crippen molar-refractivity contribution < 1.29 is 19.0 Å². The van der Waals surface area contributed by atoms with Gasteiger partial charge in [0.2, 0.25) is 6.79 Å². The lowest BCUT2D eigenvalue weighted by molar-refractivity contribution is 0.174. The Kier molecular flexibility index (Phi) is 6.11. The standard InChI is InChI=1S/C32H29N5O4/c1-3-26-25-19-36(32(38)33-22-13-16-28-29(18-22)41-20-40-28)30(21-11-14-24(39-2)15-12-21)27-10-7-17-35(27)31(25)37(34-26)23-8-5-4-6-9-23/h4-18,30H,3,19-20H2,1-2H3,(H,33,38)/t30-/m1/s1. The van der Waals surface area contributed by atoms with Gasteiger partial charge >= 0.3 is 6.03 Å². The number of hydrogen-bond donors (Lipinski definition) is 1. The van der Waals surface area contributed by atoms with E-state index in [0.717, 1.165) is 46.2 Å². The highest BCUT2D eigenvalue weighted by molar-refractivity contribution is 5.90. The van der Waals surface area contributed by atoms with Gasteiger partial charge in [0, 0.05) is 23.5 Å². The predicted molar refractivity (Wildman–Crippen MR) is 154 cm³/mol. The molecule has 1 N–H and O–H groups in total. The topological polar surface area (TPSA) is 82.8 Å². The predicted octanol–water partition coefficient (Wildman–Crippen LogP) is 6.10. The van der Waals surface area contributed by atoms with Crippen molar-refractivity contribution in [3.05, 3.63) is 114 Å². The lowest BCUT2D eigenvalue weighted by atomic mass is 10.0. The molecule has 3 aromatic carbocycles. The monoisotopic (exact) mass is 547 g/mol. The highest BCUT2D eigenvalue weighted by Crippen LogP contribution is 2.40. The SMILES string of the molecule is CCc1nn(-c2ccccc2)c2c1CN(C(=O)Nc1ccc3c(c1)OCO3)[C@H](c1ccc(OC)cc1)c1cccn1-2. The second-order valence-electron chi connectivity index (χ2n) is 9.95. The number of ether oxygens (including phenoxy) is 3. The van der Waals surface area contributed by atoms with E-state index in [9.17, 15) is 4.79 Å². The highest BCUT2D eigenvalue weighted by atomic mass is 16.7. The molecule has 2 amide bonds. The van der Waals surface area contributed by atoms with Crippen LogP contribution >= 0.6 is 0 Å². The van der Waals surface area contributed by atoms with Gasteiger partial charge in [-0.2, -0.15) is 5.10 Å². The molecular weight excluding hydrogens is 518 g/mol. The summed E-state index contributed by atoms with van der Waals surface area (Å²) in [6, 6.07) is 26.9. The third kappa shape index (κ3) is 4.26. The minimum Gasteiger partial charge on any atom is -0.497 e. The minimum atomic E-state index is -0.383. The van der Waals surface area contributed by atoms with Gasteiger partial charge < -0.3 is 29.0 Å². The Hall–Kier alpha value is -5.18. The number of urea groups is 1. The van der Waals surface area contributed by atoms with Crippen LogP contribution in [0.2, 0.25) is 0 Å². The number of para-hydroxylation sites is 1. The fourth-order valence-corrected chi connectivity index (χ4v) is 5.65. The van der Waals surface area contributed by atoms with Crippen molar-refractivity contribution in [2.24, 2.45) is 0 Å². The molecule has 9 nitrogen and oxygen atoms in total. The van der Waals surface area contributed by atoms with E-state index in [2.05, 4.69) is 22.9 Å². The first-order valence-corrected chi connectivity index (χ1v) is 13.6. The van der Waals surface area contributed by atoms with Crippen LogP contribution in [0.5, 0.6) is 17.2 Å². The molecule has 9 heteroatoms. The van der Waals surface area contributed by atoms with Crippen molar-refractivity contribution in [3.63, 3.8) is 0 Å². The molecule has 206 valence electrons. The minimum absolute atomic E-state index is 0.170. The van der Waals surface area contributed by atoms with Crippen LogP contribution in [-0.4, -0.2) is 39.2 Å². The number of nitrogens with one attached hydrogen (secondary N) is 1. The molecule has 4 heterocycles. The Morgan fingerprint density at radius 1 is 1.00 bits per heavy atom. The van der Waals surface area contributed by atoms with Crippen LogP contribution in [0.1, 0.15) is 35.5 Å². The van der Waals surface area contributed by atoms with Crippen molar-refractivity contribution >= 4 is 11.7 Å². The average molecular weight is 548 g/mol. The second kappa shape index (κ2) is 10.1. The summed E-state index contributed by atoms with van der Waals surface area (Å²) >= 11 is 0. The van der Waals surface area contributed by atoms with E-state index in [1.165, 1.54) is 0 Å². The molecule has 0 saturated carbocycles. The zero-order valence-electron chi connectivity index (χ0n) is 22.8. The van der Waals surface area contributed by atoms with Crippen LogP contribution in [-0.2, 0) is 13.0 Å². The maximum absolute atomic E-state index is 14.2. The summed E-state index contributed by atoms with van der Waals surface area (Å²) < 4.78 is 20.6. The summed E-state index contributed by atoms with van der Waals surface area (Å²) in [6.45, 7) is 2.63. The summed E-state index contributed by atoms with van der Waals surface area (Å²) in [4.78, 5) is 16.1. The fourth-order valence-electron chi connectivity index (χ4n) is 5.65. The number of carbonyl (C=O) groups excluding carboxylic acids is 1. The van der Waals surface area contributed by atoms with Crippen LogP contribution in [0.4, 0.5) is 10.5 Å². The number of hydrogen-bond acceptors (Lipinski definition) is 5. The maximum atomic E-state index is 14.2. The molecule has 0 unspecified atom stereocenters. The lowest BCUT2D eigenvalue weighted by Crippen LogP contribution is -2.38. The van der Waals surface area contributed by atoms with Gasteiger partial charge in [-0.15, -0.1) is 0 Å². The number of aromatic nitrogens is 3. The number of benzene rings is 3. The first kappa shape index (κ1) is 24.8. The Bertz CT molecular complexity index is 1730. The van der Waals surface area contributed by atoms with Crippen LogP contribution in [0, 0.1) is 0 Å². The first-order chi connectivity index (χ1) is 20.1. The van der Waals surface area contributed by atoms with E-state index < -0.39 is 0 Å². The molecule has 0 saturated heterocycles. The van der Waals surface area contributed by atoms with Crippen molar-refractivity contribution in [2.75, 3.05) is 19.2 Å². The van der Waals surface area contributed by atoms with E-state index in [0.29, 0.717) is 23.7 Å². The number of nitrogens with zero attached hydrogens (tertiary/aromatic N) is 4. The van der Waals surface area contributed by atoms with Gasteiger partial charge in [-0.3, -0.25) is 0 Å². The molecule has 0 spiro atoms. The van der Waals surface area contributed by atoms with Gasteiger partial charge in [-0.05, 0) is 60.5 Å². The Balaban J connectivity index is 1.38. The summed E-state index contributed by atoms with van der Waals surface area (Å²) in [7, 11) is 1.65. The molecule has 0 bridgehead atoms. The smallest absolute Gasteiger partial charge is 0.322 e. The van der Waals surface area contributed by atoms with Crippen molar-refractivity contribution in [3.8, 4) is 28.8 Å². The number of rotatable bonds is 5. The van der Waals surface area contributed by atoms with Gasteiger partial charge in [0.1, 0.15) is 11.6 Å². The van der Waals surface area contributed by atoms with Gasteiger partial charge in [0.15, 0.2) is 11.5 Å². The maximum Gasteiger partial charge on any atom is 0.322 e. The van der Waals surface area contributed by atoms with Gasteiger partial charge in [0.05, 0.1) is 36.8 Å². The summed E-state index contributed by atoms with van der Waals surface area (Å²) in [5.74, 6) is 2.96. The Morgan fingerprint density at radius 3 is 2.59 bits per heavy atom. The van der Waals surface area contributed by atoms with Crippen molar-refractivity contribution in [1.29, 1.82) is 0 Å². The van der Waals surface area contributed by atoms with E-state index in [-0.39, 0.29) is 18.9 Å². The molecule has 41 heavy (non-hydrogen) atoms. The highest BCUT2D eigenvalue weighted by Gasteiger charge is 2.36. The van der Waals surface area contributed by atoms with Crippen LogP contribution in [0.15, 0.2) is 91.1 Å². The molecule has 2 aliphatic rings. The Morgan fingerprint density at radius 2 is 1.80 bits per heavy atom. The molecule has 0 aliphatic carbocycles. The zero-order chi connectivity index (χ0) is 27.9. The summed E-state index contributed by atoms with van der Waals surface area (Å²) in [5.41, 5.74) is 5.46. The number of methoxy groups -OCH3 is 1. The summed E-state index contributed by atoms with van der Waals surface area (Å²) in [6.07, 6.45) is 2.77. The van der Waals surface area contributed by atoms with Gasteiger partial charge in [0.25, 0.3) is 0 Å². The number of anilines is 1. The van der Waals surface area contributed by atoms with Crippen LogP contribution in [0.25, 0.3) is 11.5 Å². The largest absolute Gasteiger partial charge is 0.497 e. The first-order valence-electron chi connectivity index (χ1n) is 13.6. The molecule has 0 fully saturated rings. The quantitative estimate of drug-likeness (QED) is 0.288. The van der Waals surface area contributed by atoms with Crippen LogP contribution < -0.4 is 19.5 Å². The van der Waals surface area contributed by atoms with Gasteiger partial charge in [-0.1, -0.05) is 37.3 Å². The number of aryl methyl sites for hydroxylation is 1. The molecule has 2 aromatic heterocycles. The van der Waals surface area contributed by atoms with Crippen LogP contribution in [0.3, 0.4) is 0 Å². The Labute approximate surface area is 237 Å². The second-order valence-corrected chi connectivity index (χ2v) is 9.95. The lowest BCUT2D eigenvalue weighted by Gasteiger charge is -2.31. The number of amides is 2. The molecular formula is C32H29N5O4. The van der Waals surface area contributed by atoms with Crippen molar-refractivity contribution in [2.45, 2.75) is 25.9 Å². The van der Waals surface area contributed by atoms with E-state index in [1.807, 2.05) is 88.6 Å². The normalized spacial score (nSPS) is 15.2. The summed E-state index contributed by atoms with van der Waals surface area (Å²) in [5, 5.41) is 8.14. The average Bonchev–Trinajstić information content (AvgIpc) is 3.74. The van der Waals surface area contributed by atoms with E-state index >= 15 is 0 Å². The molecule has 1 atom stereocenters. The molecule has 7 rings (SSSR count). The third-order valence-corrected chi connectivity index (χ3v) is 7.62. The third-order valence-electron chi connectivity index (χ3n) is 7.62. The molecule has 2 aliphatic heterocycles. The molecule has 5 aromatic rings. The van der Waals surface area contributed by atoms with E-state index in [1.54, 1.807) is 13.2 Å². The fraction of sp³-hybridized carbons (Fsp3) is 0.188.